The highest BCUT2D eigenvalue weighted by molar-refractivity contribution is 6.20. The van der Waals surface area contributed by atoms with E-state index in [2.05, 4.69) is 30.6 Å². The van der Waals surface area contributed by atoms with Gasteiger partial charge >= 0.3 is 0 Å². The van der Waals surface area contributed by atoms with E-state index < -0.39 is 0 Å². The van der Waals surface area contributed by atoms with Crippen molar-refractivity contribution in [1.29, 1.82) is 0 Å². The van der Waals surface area contributed by atoms with Gasteiger partial charge in [-0.05, 0) is 31.2 Å². The number of aromatic hydroxyl groups is 1. The van der Waals surface area contributed by atoms with E-state index in [-0.39, 0.29) is 11.1 Å². The molecule has 0 fully saturated rings. The van der Waals surface area contributed by atoms with E-state index in [1.807, 2.05) is 25.1 Å². The number of halogens is 1. The Bertz CT molecular complexity index is 1540. The van der Waals surface area contributed by atoms with Gasteiger partial charge in [-0.3, -0.25) is 0 Å². The van der Waals surface area contributed by atoms with E-state index in [0.717, 1.165) is 10.8 Å². The van der Waals surface area contributed by atoms with Crippen LogP contribution in [0.15, 0.2) is 59.3 Å². The molecular weight excluding hydrogens is 496 g/mol. The average molecular weight is 521 g/mol. The van der Waals surface area contributed by atoms with E-state index in [1.54, 1.807) is 43.7 Å². The molecule has 0 aliphatic rings. The number of alkyl halides is 1. The quantitative estimate of drug-likeness (QED) is 0.164. The van der Waals surface area contributed by atoms with Crippen LogP contribution in [0.25, 0.3) is 33.3 Å². The number of nitrogens with one attached hydrogen (secondary N) is 2. The van der Waals surface area contributed by atoms with Gasteiger partial charge in [0.25, 0.3) is 0 Å². The Kier molecular flexibility index (Phi) is 7.20. The van der Waals surface area contributed by atoms with Gasteiger partial charge in [0.05, 0.1) is 24.2 Å². The summed E-state index contributed by atoms with van der Waals surface area (Å²) >= 11 is 5.88. The summed E-state index contributed by atoms with van der Waals surface area (Å²) in [5.41, 5.74) is 1.80. The van der Waals surface area contributed by atoms with Gasteiger partial charge in [0.1, 0.15) is 35.3 Å². The third-order valence-electron chi connectivity index (χ3n) is 5.42. The minimum atomic E-state index is -0.0448. The Hall–Kier alpha value is -4.15. The molecule has 37 heavy (non-hydrogen) atoms. The highest BCUT2D eigenvalue weighted by Gasteiger charge is 2.16. The minimum Gasteiger partial charge on any atom is -0.508 e. The van der Waals surface area contributed by atoms with E-state index >= 15 is 0 Å². The number of nitrogens with zero attached hydrogens (tertiary/aromatic N) is 4. The topological polar surface area (TPSA) is 127 Å². The highest BCUT2D eigenvalue weighted by Crippen LogP contribution is 2.34. The van der Waals surface area contributed by atoms with Gasteiger partial charge in [-0.15, -0.1) is 11.6 Å². The number of rotatable bonds is 10. The van der Waals surface area contributed by atoms with Crippen LogP contribution in [-0.2, 0) is 4.74 Å². The van der Waals surface area contributed by atoms with Crippen LogP contribution < -0.4 is 15.4 Å². The van der Waals surface area contributed by atoms with Crippen molar-refractivity contribution in [2.24, 2.45) is 0 Å². The number of fused-ring (bicyclic) bond motifs is 2. The molecule has 1 aromatic carbocycles. The first-order chi connectivity index (χ1) is 18.0. The summed E-state index contributed by atoms with van der Waals surface area (Å²) in [6, 6.07) is 12.1. The van der Waals surface area contributed by atoms with Gasteiger partial charge in [-0.2, -0.15) is 4.98 Å². The fourth-order valence-electron chi connectivity index (χ4n) is 3.75. The number of benzene rings is 1. The molecule has 0 saturated heterocycles. The Morgan fingerprint density at radius 2 is 1.92 bits per heavy atom. The molecule has 0 spiro atoms. The van der Waals surface area contributed by atoms with Crippen LogP contribution in [0.2, 0.25) is 0 Å². The summed E-state index contributed by atoms with van der Waals surface area (Å²) in [7, 11) is 1.80. The fraction of sp³-hybridized carbons (Fsp3) is 0.231. The molecule has 0 bridgehead atoms. The number of anilines is 3. The van der Waals surface area contributed by atoms with Crippen molar-refractivity contribution in [3.63, 3.8) is 0 Å². The van der Waals surface area contributed by atoms with Crippen LogP contribution in [0.5, 0.6) is 11.6 Å². The molecule has 0 aliphatic carbocycles. The number of hydrogen-bond donors (Lipinski definition) is 3. The number of phenols is 1. The van der Waals surface area contributed by atoms with Gasteiger partial charge in [0, 0.05) is 42.3 Å². The molecular formula is C26H25ClN6O4. The van der Waals surface area contributed by atoms with E-state index in [0.29, 0.717) is 65.7 Å². The molecule has 4 aromatic heterocycles. The lowest BCUT2D eigenvalue weighted by molar-refractivity contribution is 0.101. The predicted molar refractivity (Wildman–Crippen MR) is 143 cm³/mol. The fourth-order valence-corrected chi connectivity index (χ4v) is 3.84. The van der Waals surface area contributed by atoms with Crippen LogP contribution in [0.1, 0.15) is 6.92 Å². The third kappa shape index (κ3) is 5.65. The highest BCUT2D eigenvalue weighted by atomic mass is 35.5. The lowest BCUT2D eigenvalue weighted by Gasteiger charge is -2.11. The molecule has 5 aromatic rings. The first-order valence-electron chi connectivity index (χ1n) is 11.7. The van der Waals surface area contributed by atoms with Crippen LogP contribution in [0.4, 0.5) is 17.5 Å². The molecule has 0 saturated carbocycles. The third-order valence-corrected chi connectivity index (χ3v) is 5.54. The molecule has 0 amide bonds. The van der Waals surface area contributed by atoms with Crippen LogP contribution in [-0.4, -0.2) is 57.3 Å². The Morgan fingerprint density at radius 3 is 2.76 bits per heavy atom. The zero-order chi connectivity index (χ0) is 25.8. The lowest BCUT2D eigenvalue weighted by atomic mass is 10.1. The average Bonchev–Trinajstić information content (AvgIpc) is 3.30. The zero-order valence-corrected chi connectivity index (χ0v) is 21.0. The molecule has 0 aliphatic heterocycles. The van der Waals surface area contributed by atoms with Gasteiger partial charge in [0.15, 0.2) is 5.58 Å². The Balaban J connectivity index is 1.41. The maximum absolute atomic E-state index is 9.79. The summed E-state index contributed by atoms with van der Waals surface area (Å²) in [6.45, 7) is 3.12. The number of oxazole rings is 1. The van der Waals surface area contributed by atoms with Gasteiger partial charge in [-0.1, -0.05) is 6.07 Å². The van der Waals surface area contributed by atoms with Crippen molar-refractivity contribution < 1.29 is 19.0 Å². The van der Waals surface area contributed by atoms with Crippen molar-refractivity contribution in [3.05, 3.63) is 54.9 Å². The second-order valence-electron chi connectivity index (χ2n) is 8.25. The SMILES string of the molecule is CNc1ncc(-c2nc3cc(O)ccc3o2)c2cc(Nc3cccc(OCCOCC(C)Cl)n3)ncc12. The number of phenolic OH excluding ortho intramolecular Hbond substituents is 1. The molecule has 0 radical (unpaired) electrons. The van der Waals surface area contributed by atoms with E-state index in [1.165, 1.54) is 0 Å². The number of ether oxygens (including phenoxy) is 2. The van der Waals surface area contributed by atoms with Crippen molar-refractivity contribution in [2.75, 3.05) is 37.5 Å². The summed E-state index contributed by atoms with van der Waals surface area (Å²) in [5, 5.41) is 17.7. The van der Waals surface area contributed by atoms with Crippen LogP contribution in [0, 0.1) is 0 Å². The number of aromatic nitrogens is 4. The molecule has 10 nitrogen and oxygen atoms in total. The second kappa shape index (κ2) is 10.9. The Morgan fingerprint density at radius 1 is 1.03 bits per heavy atom. The largest absolute Gasteiger partial charge is 0.508 e. The summed E-state index contributed by atoms with van der Waals surface area (Å²) in [6.07, 6.45) is 3.42. The van der Waals surface area contributed by atoms with E-state index in [9.17, 15) is 5.11 Å². The number of hydrogen-bond acceptors (Lipinski definition) is 10. The summed E-state index contributed by atoms with van der Waals surface area (Å²) < 4.78 is 17.1. The predicted octanol–water partition coefficient (Wildman–Crippen LogP) is 5.35. The summed E-state index contributed by atoms with van der Waals surface area (Å²) in [4.78, 5) is 18.1. The Labute approximate surface area is 217 Å². The molecule has 4 heterocycles. The molecule has 3 N–H and O–H groups in total. The minimum absolute atomic E-state index is 0.0448. The second-order valence-corrected chi connectivity index (χ2v) is 8.99. The number of pyridine rings is 3. The van der Waals surface area contributed by atoms with Crippen molar-refractivity contribution in [1.82, 2.24) is 19.9 Å². The molecule has 1 unspecified atom stereocenters. The lowest BCUT2D eigenvalue weighted by Crippen LogP contribution is -2.12. The maximum atomic E-state index is 9.79. The van der Waals surface area contributed by atoms with Crippen LogP contribution in [0.3, 0.4) is 0 Å². The molecule has 5 rings (SSSR count). The van der Waals surface area contributed by atoms with Crippen molar-refractivity contribution in [2.45, 2.75) is 12.3 Å². The molecule has 11 heteroatoms. The van der Waals surface area contributed by atoms with Gasteiger partial charge in [-0.25, -0.2) is 15.0 Å². The first-order valence-corrected chi connectivity index (χ1v) is 12.1. The maximum Gasteiger partial charge on any atom is 0.229 e. The van der Waals surface area contributed by atoms with Gasteiger partial charge in [0.2, 0.25) is 11.8 Å². The van der Waals surface area contributed by atoms with E-state index in [4.69, 9.17) is 25.5 Å². The molecule has 190 valence electrons. The van der Waals surface area contributed by atoms with Crippen LogP contribution >= 0.6 is 11.6 Å². The monoisotopic (exact) mass is 520 g/mol. The van der Waals surface area contributed by atoms with Gasteiger partial charge < -0.3 is 29.6 Å². The first kappa shape index (κ1) is 24.5. The van der Waals surface area contributed by atoms with Crippen molar-refractivity contribution in [3.8, 4) is 23.1 Å². The standard InChI is InChI=1S/C26H25ClN6O4/c1-15(27)14-35-8-9-36-24-5-3-4-22(33-24)32-23-11-17-18(12-29-23)25(28-2)30-13-19(17)26-31-20-10-16(34)6-7-21(20)37-26/h3-7,10-13,15,34H,8-9,14H2,1-2H3,(H,28,30)(H,29,32,33). The molecule has 1 atom stereocenters. The zero-order valence-electron chi connectivity index (χ0n) is 20.2. The smallest absolute Gasteiger partial charge is 0.229 e. The summed E-state index contributed by atoms with van der Waals surface area (Å²) in [5.74, 6) is 2.78. The normalized spacial score (nSPS) is 12.1. The van der Waals surface area contributed by atoms with Crippen molar-refractivity contribution >= 4 is 50.9 Å².